The van der Waals surface area contributed by atoms with Crippen molar-refractivity contribution in [2.24, 2.45) is 0 Å². The smallest absolute Gasteiger partial charge is 0.243 e. The molecule has 1 aliphatic heterocycles. The Hall–Kier alpha value is -1.69. The molecule has 0 spiro atoms. The summed E-state index contributed by atoms with van der Waals surface area (Å²) in [6, 6.07) is 0.0929. The van der Waals surface area contributed by atoms with E-state index in [0.717, 1.165) is 18.9 Å². The van der Waals surface area contributed by atoms with Gasteiger partial charge in [0.25, 0.3) is 0 Å². The van der Waals surface area contributed by atoms with Crippen LogP contribution in [-0.4, -0.2) is 26.2 Å². The van der Waals surface area contributed by atoms with Crippen molar-refractivity contribution < 1.29 is 4.52 Å². The normalized spacial score (nSPS) is 23.0. The van der Waals surface area contributed by atoms with Crippen LogP contribution in [0.3, 0.4) is 0 Å². The van der Waals surface area contributed by atoms with Crippen LogP contribution in [0, 0.1) is 0 Å². The van der Waals surface area contributed by atoms with Gasteiger partial charge in [-0.2, -0.15) is 4.98 Å². The lowest BCUT2D eigenvalue weighted by Crippen LogP contribution is -2.28. The van der Waals surface area contributed by atoms with Gasteiger partial charge in [-0.25, -0.2) is 4.98 Å². The number of hydrogen-bond acceptors (Lipinski definition) is 5. The molecule has 4 rings (SSSR count). The summed E-state index contributed by atoms with van der Waals surface area (Å²) in [4.78, 5) is 9.01. The van der Waals surface area contributed by atoms with E-state index in [2.05, 4.69) is 38.1 Å². The highest BCUT2D eigenvalue weighted by Crippen LogP contribution is 2.38. The van der Waals surface area contributed by atoms with E-state index in [4.69, 9.17) is 4.52 Å². The van der Waals surface area contributed by atoms with Crippen molar-refractivity contribution in [3.05, 3.63) is 29.9 Å². The van der Waals surface area contributed by atoms with Crippen LogP contribution in [0.1, 0.15) is 68.0 Å². The lowest BCUT2D eigenvalue weighted by Gasteiger charge is -2.24. The molecule has 0 bridgehead atoms. The van der Waals surface area contributed by atoms with Crippen LogP contribution < -0.4 is 5.32 Å². The molecule has 21 heavy (non-hydrogen) atoms. The maximum atomic E-state index is 5.38. The number of fused-ring (bicyclic) bond motifs is 1. The minimum absolute atomic E-state index is 0.0929. The molecule has 0 amide bonds. The Morgan fingerprint density at radius 3 is 3.19 bits per heavy atom. The minimum atomic E-state index is 0.0929. The van der Waals surface area contributed by atoms with Gasteiger partial charge in [0, 0.05) is 37.3 Å². The number of imidazole rings is 1. The Kier molecular flexibility index (Phi) is 3.25. The average molecular weight is 287 g/mol. The molecular formula is C15H21N5O. The predicted octanol–water partition coefficient (Wildman–Crippen LogP) is 2.37. The van der Waals surface area contributed by atoms with E-state index in [9.17, 15) is 0 Å². The molecule has 1 saturated carbocycles. The molecule has 1 fully saturated rings. The maximum absolute atomic E-state index is 5.38. The lowest BCUT2D eigenvalue weighted by molar-refractivity contribution is 0.326. The van der Waals surface area contributed by atoms with Gasteiger partial charge in [0.1, 0.15) is 5.82 Å². The Labute approximate surface area is 123 Å². The third-order valence-electron chi connectivity index (χ3n) is 4.51. The average Bonchev–Trinajstić information content (AvgIpc) is 3.04. The largest absolute Gasteiger partial charge is 0.338 e. The van der Waals surface area contributed by atoms with Crippen molar-refractivity contribution in [3.8, 4) is 0 Å². The van der Waals surface area contributed by atoms with Crippen molar-refractivity contribution in [3.63, 3.8) is 0 Å². The summed E-state index contributed by atoms with van der Waals surface area (Å²) >= 11 is 0. The van der Waals surface area contributed by atoms with Gasteiger partial charge in [0.2, 0.25) is 5.89 Å². The zero-order valence-electron chi connectivity index (χ0n) is 12.3. The fourth-order valence-corrected chi connectivity index (χ4v) is 3.04. The molecule has 2 atom stereocenters. The first kappa shape index (κ1) is 13.0. The summed E-state index contributed by atoms with van der Waals surface area (Å²) in [6.45, 7) is 4.08. The van der Waals surface area contributed by atoms with E-state index in [1.54, 1.807) is 0 Å². The van der Waals surface area contributed by atoms with Gasteiger partial charge in [-0.05, 0) is 32.6 Å². The molecule has 6 nitrogen and oxygen atoms in total. The Morgan fingerprint density at radius 2 is 2.33 bits per heavy atom. The van der Waals surface area contributed by atoms with E-state index in [1.165, 1.54) is 31.5 Å². The molecule has 3 heterocycles. The monoisotopic (exact) mass is 287 g/mol. The van der Waals surface area contributed by atoms with Crippen LogP contribution in [0.15, 0.2) is 16.9 Å². The van der Waals surface area contributed by atoms with E-state index < -0.39 is 0 Å². The molecular weight excluding hydrogens is 266 g/mol. The number of nitrogens with zero attached hydrogens (tertiary/aromatic N) is 4. The fraction of sp³-hybridized carbons (Fsp3) is 0.667. The number of hydrogen-bond donors (Lipinski definition) is 1. The molecule has 0 radical (unpaired) electrons. The first-order valence-corrected chi connectivity index (χ1v) is 7.89. The van der Waals surface area contributed by atoms with Crippen molar-refractivity contribution in [2.75, 3.05) is 6.54 Å². The second kappa shape index (κ2) is 5.26. The molecule has 1 N–H and O–H groups in total. The Morgan fingerprint density at radius 1 is 1.43 bits per heavy atom. The zero-order chi connectivity index (χ0) is 14.2. The number of nitrogens with one attached hydrogen (secondary N) is 1. The zero-order valence-corrected chi connectivity index (χ0v) is 12.3. The van der Waals surface area contributed by atoms with Gasteiger partial charge in [-0.1, -0.05) is 5.16 Å². The summed E-state index contributed by atoms with van der Waals surface area (Å²) < 4.78 is 7.64. The quantitative estimate of drug-likeness (QED) is 0.914. The van der Waals surface area contributed by atoms with Crippen LogP contribution in [0.4, 0.5) is 0 Å². The Bertz CT molecular complexity index is 615. The lowest BCUT2D eigenvalue weighted by atomic mass is 9.98. The molecule has 2 aromatic heterocycles. The summed E-state index contributed by atoms with van der Waals surface area (Å²) in [5, 5.41) is 7.60. The second-order valence-corrected chi connectivity index (χ2v) is 6.21. The van der Waals surface area contributed by atoms with Gasteiger partial charge >= 0.3 is 0 Å². The van der Waals surface area contributed by atoms with Gasteiger partial charge in [0.05, 0.1) is 6.04 Å². The van der Waals surface area contributed by atoms with Crippen molar-refractivity contribution in [1.82, 2.24) is 25.0 Å². The van der Waals surface area contributed by atoms with Crippen molar-refractivity contribution in [1.29, 1.82) is 0 Å². The van der Waals surface area contributed by atoms with Crippen molar-refractivity contribution in [2.45, 2.75) is 57.0 Å². The highest BCUT2D eigenvalue weighted by Gasteiger charge is 2.30. The molecule has 2 aromatic rings. The van der Waals surface area contributed by atoms with E-state index in [0.29, 0.717) is 17.7 Å². The summed E-state index contributed by atoms with van der Waals surface area (Å²) in [6.07, 6.45) is 8.78. The highest BCUT2D eigenvalue weighted by atomic mass is 16.5. The van der Waals surface area contributed by atoms with E-state index >= 15 is 0 Å². The van der Waals surface area contributed by atoms with Crippen LogP contribution >= 0.6 is 0 Å². The molecule has 0 saturated heterocycles. The maximum Gasteiger partial charge on any atom is 0.243 e. The van der Waals surface area contributed by atoms with Crippen LogP contribution in [-0.2, 0) is 6.54 Å². The summed E-state index contributed by atoms with van der Waals surface area (Å²) in [7, 11) is 0. The predicted molar refractivity (Wildman–Crippen MR) is 76.9 cm³/mol. The summed E-state index contributed by atoms with van der Waals surface area (Å²) in [5.41, 5.74) is 0. The van der Waals surface area contributed by atoms with Crippen LogP contribution in [0.25, 0.3) is 0 Å². The number of aryl methyl sites for hydroxylation is 1. The van der Waals surface area contributed by atoms with Gasteiger partial charge < -0.3 is 14.4 Å². The first-order chi connectivity index (χ1) is 10.3. The molecule has 6 heteroatoms. The highest BCUT2D eigenvalue weighted by molar-refractivity contribution is 5.06. The fourth-order valence-electron chi connectivity index (χ4n) is 3.04. The van der Waals surface area contributed by atoms with Gasteiger partial charge in [0.15, 0.2) is 5.82 Å². The topological polar surface area (TPSA) is 68.8 Å². The van der Waals surface area contributed by atoms with Crippen LogP contribution in [0.2, 0.25) is 0 Å². The number of rotatable bonds is 5. The number of aromatic nitrogens is 4. The van der Waals surface area contributed by atoms with Crippen LogP contribution in [0.5, 0.6) is 0 Å². The SMILES string of the molecule is CC(NCC1CCCn2ccnc21)c1nc(C2CC2)no1. The van der Waals surface area contributed by atoms with Gasteiger partial charge in [-0.15, -0.1) is 0 Å². The Balaban J connectivity index is 1.38. The minimum Gasteiger partial charge on any atom is -0.338 e. The molecule has 1 aliphatic carbocycles. The molecule has 2 unspecified atom stereocenters. The third-order valence-corrected chi connectivity index (χ3v) is 4.51. The van der Waals surface area contributed by atoms with E-state index in [1.807, 2.05) is 6.20 Å². The second-order valence-electron chi connectivity index (χ2n) is 6.21. The summed E-state index contributed by atoms with van der Waals surface area (Å²) in [5.74, 6) is 3.80. The van der Waals surface area contributed by atoms with Gasteiger partial charge in [-0.3, -0.25) is 0 Å². The van der Waals surface area contributed by atoms with E-state index in [-0.39, 0.29) is 6.04 Å². The molecule has 112 valence electrons. The first-order valence-electron chi connectivity index (χ1n) is 7.89. The van der Waals surface area contributed by atoms with Crippen molar-refractivity contribution >= 4 is 0 Å². The molecule has 2 aliphatic rings. The molecule has 0 aromatic carbocycles. The standard InChI is InChI=1S/C15H21N5O/c1-10(15-18-13(19-21-15)11-4-5-11)17-9-12-3-2-7-20-8-6-16-14(12)20/h6,8,10-12,17H,2-5,7,9H2,1H3. The third kappa shape index (κ3) is 2.60.